The first-order chi connectivity index (χ1) is 12.7. The molecule has 0 aliphatic carbocycles. The van der Waals surface area contributed by atoms with Gasteiger partial charge in [0.25, 0.3) is 0 Å². The second-order valence-electron chi connectivity index (χ2n) is 6.13. The summed E-state index contributed by atoms with van der Waals surface area (Å²) in [5, 5.41) is 3.90. The maximum Gasteiger partial charge on any atom is 0.416 e. The molecule has 0 radical (unpaired) electrons. The monoisotopic (exact) mass is 375 g/mol. The summed E-state index contributed by atoms with van der Waals surface area (Å²) in [6.45, 7) is 2.82. The molecule has 0 saturated heterocycles. The molecule has 8 heteroatoms. The number of fused-ring (bicyclic) bond motifs is 1. The smallest absolute Gasteiger partial charge is 0.280 e. The molecule has 27 heavy (non-hydrogen) atoms. The molecule has 3 rings (SSSR count). The summed E-state index contributed by atoms with van der Waals surface area (Å²) < 4.78 is 39.5. The minimum atomic E-state index is -4.53. The summed E-state index contributed by atoms with van der Waals surface area (Å²) in [6, 6.07) is 11.6. The van der Waals surface area contributed by atoms with Gasteiger partial charge in [0.05, 0.1) is 17.0 Å². The molecule has 2 aromatic rings. The first-order valence-electron chi connectivity index (χ1n) is 8.11. The number of anilines is 2. The van der Waals surface area contributed by atoms with Gasteiger partial charge in [-0.2, -0.15) is 18.3 Å². The van der Waals surface area contributed by atoms with Gasteiger partial charge < -0.3 is 0 Å². The summed E-state index contributed by atoms with van der Waals surface area (Å²) in [5.41, 5.74) is 2.73. The Balaban J connectivity index is 2.15. The Morgan fingerprint density at radius 1 is 1.11 bits per heavy atom. The van der Waals surface area contributed by atoms with Gasteiger partial charge in [-0.1, -0.05) is 24.3 Å². The molecule has 1 heterocycles. The lowest BCUT2D eigenvalue weighted by atomic mass is 9.95. The van der Waals surface area contributed by atoms with Gasteiger partial charge in [-0.25, -0.2) is 5.43 Å². The van der Waals surface area contributed by atoms with Crippen molar-refractivity contribution in [3.05, 3.63) is 59.7 Å². The lowest BCUT2D eigenvalue weighted by Gasteiger charge is -2.19. The lowest BCUT2D eigenvalue weighted by Crippen LogP contribution is -2.28. The predicted octanol–water partition coefficient (Wildman–Crippen LogP) is 3.98. The molecule has 0 fully saturated rings. The maximum absolute atomic E-state index is 13.2. The normalized spacial score (nSPS) is 17.1. The van der Waals surface area contributed by atoms with Crippen molar-refractivity contribution in [3.63, 3.8) is 0 Å². The van der Waals surface area contributed by atoms with Crippen molar-refractivity contribution in [2.24, 2.45) is 5.10 Å². The Kier molecular flexibility index (Phi) is 4.73. The molecule has 2 amide bonds. The standard InChI is InChI=1S/C19H16F3N3O2/c1-11(23-24-12(2)26)17-15-9-8-13(19(20,21)22)10-16(15)25(18(17)27)14-6-4-3-5-7-14/h3-10,17H,1-2H3,(H,24,26)/b23-11-. The van der Waals surface area contributed by atoms with Gasteiger partial charge in [0, 0.05) is 12.6 Å². The molecule has 1 aliphatic heterocycles. The zero-order valence-corrected chi connectivity index (χ0v) is 14.5. The van der Waals surface area contributed by atoms with Gasteiger partial charge in [0.1, 0.15) is 5.92 Å². The number of hydrazone groups is 1. The van der Waals surface area contributed by atoms with Crippen LogP contribution in [0, 0.1) is 0 Å². The number of nitrogens with one attached hydrogen (secondary N) is 1. The van der Waals surface area contributed by atoms with Crippen molar-refractivity contribution < 1.29 is 22.8 Å². The van der Waals surface area contributed by atoms with Crippen LogP contribution in [0.3, 0.4) is 0 Å². The van der Waals surface area contributed by atoms with E-state index >= 15 is 0 Å². The molecule has 1 unspecified atom stereocenters. The minimum Gasteiger partial charge on any atom is -0.280 e. The molecule has 1 N–H and O–H groups in total. The number of para-hydroxylation sites is 1. The van der Waals surface area contributed by atoms with Crippen LogP contribution in [0.15, 0.2) is 53.6 Å². The largest absolute Gasteiger partial charge is 0.416 e. The minimum absolute atomic E-state index is 0.156. The van der Waals surface area contributed by atoms with Crippen LogP contribution in [0.1, 0.15) is 30.9 Å². The second kappa shape index (κ2) is 6.86. The molecule has 140 valence electrons. The molecule has 5 nitrogen and oxygen atoms in total. The van der Waals surface area contributed by atoms with E-state index in [4.69, 9.17) is 0 Å². The molecule has 0 bridgehead atoms. The Hall–Kier alpha value is -3.16. The number of benzene rings is 2. The fourth-order valence-electron chi connectivity index (χ4n) is 3.02. The number of carbonyl (C=O) groups excluding carboxylic acids is 2. The van der Waals surface area contributed by atoms with E-state index in [9.17, 15) is 22.8 Å². The third-order valence-electron chi connectivity index (χ3n) is 4.20. The maximum atomic E-state index is 13.2. The van der Waals surface area contributed by atoms with Crippen LogP contribution < -0.4 is 10.3 Å². The molecule has 1 atom stereocenters. The molecular formula is C19H16F3N3O2. The fourth-order valence-corrected chi connectivity index (χ4v) is 3.02. The average molecular weight is 375 g/mol. The van der Waals surface area contributed by atoms with Crippen LogP contribution in [0.25, 0.3) is 0 Å². The van der Waals surface area contributed by atoms with Crippen LogP contribution in [-0.4, -0.2) is 17.5 Å². The van der Waals surface area contributed by atoms with E-state index in [-0.39, 0.29) is 11.4 Å². The third-order valence-corrected chi connectivity index (χ3v) is 4.20. The number of hydrogen-bond acceptors (Lipinski definition) is 3. The molecule has 1 aliphatic rings. The van der Waals surface area contributed by atoms with Gasteiger partial charge in [-0.05, 0) is 36.8 Å². The van der Waals surface area contributed by atoms with E-state index in [1.54, 1.807) is 37.3 Å². The number of nitrogens with zero attached hydrogens (tertiary/aromatic N) is 2. The molecular weight excluding hydrogens is 359 g/mol. The van der Waals surface area contributed by atoms with Crippen molar-refractivity contribution in [2.75, 3.05) is 4.90 Å². The fraction of sp³-hybridized carbons (Fsp3) is 0.211. The van der Waals surface area contributed by atoms with Crippen LogP contribution in [0.5, 0.6) is 0 Å². The highest BCUT2D eigenvalue weighted by atomic mass is 19.4. The molecule has 0 aromatic heterocycles. The topological polar surface area (TPSA) is 61.8 Å². The Morgan fingerprint density at radius 2 is 1.78 bits per heavy atom. The molecule has 0 spiro atoms. The zero-order valence-electron chi connectivity index (χ0n) is 14.5. The quantitative estimate of drug-likeness (QED) is 0.652. The highest BCUT2D eigenvalue weighted by molar-refractivity contribution is 6.21. The van der Waals surface area contributed by atoms with Gasteiger partial charge in [-0.15, -0.1) is 0 Å². The second-order valence-corrected chi connectivity index (χ2v) is 6.13. The highest BCUT2D eigenvalue weighted by Gasteiger charge is 2.42. The van der Waals surface area contributed by atoms with Gasteiger partial charge in [-0.3, -0.25) is 14.5 Å². The van der Waals surface area contributed by atoms with Crippen LogP contribution >= 0.6 is 0 Å². The Bertz CT molecular complexity index is 924. The highest BCUT2D eigenvalue weighted by Crippen LogP contribution is 2.45. The first-order valence-corrected chi connectivity index (χ1v) is 8.11. The van der Waals surface area contributed by atoms with Crippen molar-refractivity contribution in [3.8, 4) is 0 Å². The van der Waals surface area contributed by atoms with E-state index in [1.807, 2.05) is 0 Å². The number of alkyl halides is 3. The summed E-state index contributed by atoms with van der Waals surface area (Å²) in [6.07, 6.45) is -4.53. The number of hydrogen-bond donors (Lipinski definition) is 1. The summed E-state index contributed by atoms with van der Waals surface area (Å²) in [7, 11) is 0. The van der Waals surface area contributed by atoms with Gasteiger partial charge in [0.15, 0.2) is 0 Å². The van der Waals surface area contributed by atoms with Crippen molar-refractivity contribution >= 4 is 28.9 Å². The van der Waals surface area contributed by atoms with Crippen molar-refractivity contribution in [1.82, 2.24) is 5.43 Å². The third kappa shape index (κ3) is 3.55. The van der Waals surface area contributed by atoms with Crippen LogP contribution in [-0.2, 0) is 15.8 Å². The van der Waals surface area contributed by atoms with Gasteiger partial charge >= 0.3 is 6.18 Å². The van der Waals surface area contributed by atoms with Crippen LogP contribution in [0.2, 0.25) is 0 Å². The molecule has 0 saturated carbocycles. The van der Waals surface area contributed by atoms with E-state index in [1.165, 1.54) is 17.9 Å². The first kappa shape index (κ1) is 18.6. The summed E-state index contributed by atoms with van der Waals surface area (Å²) in [4.78, 5) is 25.4. The summed E-state index contributed by atoms with van der Waals surface area (Å²) in [5.74, 6) is -1.72. The van der Waals surface area contributed by atoms with Crippen molar-refractivity contribution in [1.29, 1.82) is 0 Å². The van der Waals surface area contributed by atoms with E-state index < -0.39 is 29.5 Å². The number of rotatable bonds is 3. The Labute approximate surface area is 153 Å². The number of carbonyl (C=O) groups is 2. The van der Waals surface area contributed by atoms with Crippen LogP contribution in [0.4, 0.5) is 24.5 Å². The molecule has 2 aromatic carbocycles. The van der Waals surface area contributed by atoms with Crippen molar-refractivity contribution in [2.45, 2.75) is 25.9 Å². The number of amides is 2. The predicted molar refractivity (Wildman–Crippen MR) is 94.7 cm³/mol. The van der Waals surface area contributed by atoms with E-state index in [0.29, 0.717) is 11.3 Å². The number of halogens is 3. The lowest BCUT2D eigenvalue weighted by molar-refractivity contribution is -0.137. The van der Waals surface area contributed by atoms with Gasteiger partial charge in [0.2, 0.25) is 11.8 Å². The zero-order chi connectivity index (χ0) is 19.8. The SMILES string of the molecule is CC(=O)N/N=C(/C)C1C(=O)N(c2ccccc2)c2cc(C(F)(F)F)ccc21. The van der Waals surface area contributed by atoms with E-state index in [2.05, 4.69) is 10.5 Å². The van der Waals surface area contributed by atoms with E-state index in [0.717, 1.165) is 12.1 Å². The Morgan fingerprint density at radius 3 is 2.37 bits per heavy atom. The average Bonchev–Trinajstić information content (AvgIpc) is 2.90. The summed E-state index contributed by atoms with van der Waals surface area (Å²) >= 11 is 0.